The van der Waals surface area contributed by atoms with Crippen molar-refractivity contribution < 1.29 is 58.1 Å². The van der Waals surface area contributed by atoms with Crippen LogP contribution in [0.2, 0.25) is 0 Å². The minimum atomic E-state index is -1.68. The molecule has 2 saturated heterocycles. The number of benzene rings is 1. The van der Waals surface area contributed by atoms with Gasteiger partial charge in [-0.25, -0.2) is 27.5 Å². The van der Waals surface area contributed by atoms with Gasteiger partial charge in [-0.15, -0.1) is 10.2 Å². The molecule has 6 rings (SSSR count). The first-order valence-corrected chi connectivity index (χ1v) is 16.0. The van der Waals surface area contributed by atoms with Gasteiger partial charge in [0.2, 0.25) is 5.91 Å². The lowest BCUT2D eigenvalue weighted by Crippen LogP contribution is -2.58. The summed E-state index contributed by atoms with van der Waals surface area (Å²) in [4.78, 5) is 15.4. The molecule has 5 heterocycles. The highest BCUT2D eigenvalue weighted by atomic mass is 32.2. The van der Waals surface area contributed by atoms with E-state index in [2.05, 4.69) is 30.9 Å². The lowest BCUT2D eigenvalue weighted by Gasteiger charge is -2.46. The summed E-state index contributed by atoms with van der Waals surface area (Å²) in [5, 5.41) is 83.3. The molecule has 0 bridgehead atoms. The van der Waals surface area contributed by atoms with Crippen LogP contribution in [0.15, 0.2) is 42.9 Å². The molecule has 3 aromatic heterocycles. The maximum Gasteiger partial charge on any atom is 0.222 e. The standard InChI is InChI=1S/C29H31F3N8O9S/c1-11(43)34-20-3-2-12(6-33-20)16-7-39(37-35-16)22-24(44)18(9-41)48-28(26(22)46)50-29-27(47)23(25(45)19(10-42)49-29)40-8-17(36-38-40)13-4-14(30)21(32)15(31)5-13/h2-8,18-19,22-29,41-42,44-47H,9-10H2,1H3,(H,33,34,43)/t18-,19?,22?,23?,24?,25?,26?,27?,28+,29?/m1/s1. The molecule has 8 unspecified atom stereocenters. The Bertz CT molecular complexity index is 1800. The van der Waals surface area contributed by atoms with Gasteiger partial charge < -0.3 is 45.4 Å². The van der Waals surface area contributed by atoms with Gasteiger partial charge in [-0.2, -0.15) is 0 Å². The minimum absolute atomic E-state index is 0.126. The van der Waals surface area contributed by atoms with Gasteiger partial charge >= 0.3 is 0 Å². The van der Waals surface area contributed by atoms with Gasteiger partial charge in [0.1, 0.15) is 76.8 Å². The lowest BCUT2D eigenvalue weighted by atomic mass is 9.97. The number of amides is 1. The molecule has 0 radical (unpaired) electrons. The number of thioether (sulfide) groups is 1. The lowest BCUT2D eigenvalue weighted by molar-refractivity contribution is -0.189. The monoisotopic (exact) mass is 724 g/mol. The fourth-order valence-corrected chi connectivity index (χ4v) is 7.05. The second-order valence-corrected chi connectivity index (χ2v) is 12.8. The number of carbonyl (C=O) groups is 1. The second kappa shape index (κ2) is 14.7. The van der Waals surface area contributed by atoms with Crippen LogP contribution in [0.25, 0.3) is 22.5 Å². The molecule has 1 aromatic carbocycles. The summed E-state index contributed by atoms with van der Waals surface area (Å²) in [6, 6.07) is 1.95. The predicted molar refractivity (Wildman–Crippen MR) is 164 cm³/mol. The first-order chi connectivity index (χ1) is 23.9. The van der Waals surface area contributed by atoms with Crippen molar-refractivity contribution in [3.63, 3.8) is 0 Å². The van der Waals surface area contributed by atoms with E-state index in [4.69, 9.17) is 9.47 Å². The summed E-state index contributed by atoms with van der Waals surface area (Å²) in [5.41, 5.74) is -2.16. The predicted octanol–water partition coefficient (Wildman–Crippen LogP) is -0.632. The van der Waals surface area contributed by atoms with Gasteiger partial charge in [0.25, 0.3) is 0 Å². The summed E-state index contributed by atoms with van der Waals surface area (Å²) in [7, 11) is 0. The molecule has 2 aliphatic rings. The average molecular weight is 725 g/mol. The number of aromatic nitrogens is 7. The molecule has 0 aliphatic carbocycles. The third-order valence-corrected chi connectivity index (χ3v) is 9.56. The first-order valence-electron chi connectivity index (χ1n) is 15.0. The van der Waals surface area contributed by atoms with Gasteiger partial charge in [-0.05, 0) is 24.3 Å². The number of pyridine rings is 1. The third kappa shape index (κ3) is 6.95. The van der Waals surface area contributed by atoms with Gasteiger partial charge in [0.05, 0.1) is 25.6 Å². The normalized spacial score (nSPS) is 30.0. The number of hydrogen-bond donors (Lipinski definition) is 7. The molecule has 21 heteroatoms. The van der Waals surface area contributed by atoms with Crippen LogP contribution in [-0.2, 0) is 14.3 Å². The van der Waals surface area contributed by atoms with Crippen molar-refractivity contribution in [2.24, 2.45) is 0 Å². The van der Waals surface area contributed by atoms with Crippen LogP contribution in [0.4, 0.5) is 19.0 Å². The molecule has 10 atom stereocenters. The molecule has 17 nitrogen and oxygen atoms in total. The molecule has 50 heavy (non-hydrogen) atoms. The van der Waals surface area contributed by atoms with Crippen molar-refractivity contribution in [3.8, 4) is 22.5 Å². The molecule has 268 valence electrons. The molecule has 2 fully saturated rings. The SMILES string of the molecule is CC(=O)Nc1ccc(-c2cn(C3C(O)[C@@H](CO)O[C@@H](SC4OC(CO)C(O)C(n5cc(-c6cc(F)c(F)c(F)c6)nn5)C4O)C3O)nn2)cn1. The van der Waals surface area contributed by atoms with Crippen LogP contribution in [0, 0.1) is 17.5 Å². The maximum atomic E-state index is 13.9. The summed E-state index contributed by atoms with van der Waals surface area (Å²) in [6.45, 7) is -0.0741. The van der Waals surface area contributed by atoms with E-state index >= 15 is 0 Å². The quantitative estimate of drug-likeness (QED) is 0.106. The van der Waals surface area contributed by atoms with E-state index in [0.29, 0.717) is 29.2 Å². The maximum absolute atomic E-state index is 13.9. The second-order valence-electron chi connectivity index (χ2n) is 11.6. The van der Waals surface area contributed by atoms with E-state index in [0.717, 1.165) is 22.6 Å². The topological polar surface area (TPSA) is 243 Å². The smallest absolute Gasteiger partial charge is 0.222 e. The Hall–Kier alpha value is -4.06. The zero-order valence-corrected chi connectivity index (χ0v) is 26.6. The van der Waals surface area contributed by atoms with Crippen LogP contribution in [-0.4, -0.2) is 132 Å². The zero-order chi connectivity index (χ0) is 35.9. The third-order valence-electron chi connectivity index (χ3n) is 8.24. The van der Waals surface area contributed by atoms with E-state index in [1.807, 2.05) is 0 Å². The van der Waals surface area contributed by atoms with E-state index in [9.17, 15) is 48.6 Å². The molecular formula is C29H31F3N8O9S. The number of ether oxygens (including phenoxy) is 2. The summed E-state index contributed by atoms with van der Waals surface area (Å²) in [6.07, 6.45) is -4.85. The van der Waals surface area contributed by atoms with E-state index in [-0.39, 0.29) is 17.2 Å². The van der Waals surface area contributed by atoms with Gasteiger partial charge in [0, 0.05) is 24.2 Å². The number of nitrogens with zero attached hydrogens (tertiary/aromatic N) is 7. The summed E-state index contributed by atoms with van der Waals surface area (Å²) < 4.78 is 55.0. The Morgan fingerprint density at radius 3 is 1.76 bits per heavy atom. The van der Waals surface area contributed by atoms with Crippen molar-refractivity contribution in [1.29, 1.82) is 0 Å². The molecule has 1 amide bonds. The first kappa shape index (κ1) is 35.8. The van der Waals surface area contributed by atoms with Gasteiger partial charge in [-0.3, -0.25) is 4.79 Å². The molecular weight excluding hydrogens is 693 g/mol. The highest BCUT2D eigenvalue weighted by Crippen LogP contribution is 2.42. The zero-order valence-electron chi connectivity index (χ0n) is 25.8. The highest BCUT2D eigenvalue weighted by Gasteiger charge is 2.51. The molecule has 0 spiro atoms. The number of aliphatic hydroxyl groups is 6. The number of anilines is 1. The molecule has 2 aliphatic heterocycles. The van der Waals surface area contributed by atoms with Crippen LogP contribution in [0.5, 0.6) is 0 Å². The summed E-state index contributed by atoms with van der Waals surface area (Å²) in [5.74, 6) is -4.61. The highest BCUT2D eigenvalue weighted by molar-refractivity contribution is 8.00. The Morgan fingerprint density at radius 1 is 0.820 bits per heavy atom. The van der Waals surface area contributed by atoms with Crippen molar-refractivity contribution in [3.05, 3.63) is 60.3 Å². The average Bonchev–Trinajstić information content (AvgIpc) is 3.77. The minimum Gasteiger partial charge on any atom is -0.394 e. The molecule has 0 saturated carbocycles. The number of rotatable bonds is 9. The Labute approximate surface area is 284 Å². The van der Waals surface area contributed by atoms with E-state index in [1.54, 1.807) is 12.1 Å². The van der Waals surface area contributed by atoms with E-state index < -0.39 is 90.2 Å². The Balaban J connectivity index is 1.23. The van der Waals surface area contributed by atoms with Crippen LogP contribution < -0.4 is 5.32 Å². The molecule has 4 aromatic rings. The Morgan fingerprint density at radius 2 is 1.32 bits per heavy atom. The summed E-state index contributed by atoms with van der Waals surface area (Å²) >= 11 is 0.718. The molecule has 7 N–H and O–H groups in total. The number of hydrogen-bond acceptors (Lipinski definition) is 15. The van der Waals surface area contributed by atoms with Gasteiger partial charge in [-0.1, -0.05) is 22.2 Å². The van der Waals surface area contributed by atoms with Crippen LogP contribution >= 0.6 is 11.8 Å². The number of aliphatic hydroxyl groups excluding tert-OH is 6. The van der Waals surface area contributed by atoms with Crippen LogP contribution in [0.3, 0.4) is 0 Å². The van der Waals surface area contributed by atoms with Crippen molar-refractivity contribution in [2.75, 3.05) is 18.5 Å². The number of carbonyl (C=O) groups excluding carboxylic acids is 1. The van der Waals surface area contributed by atoms with Crippen molar-refractivity contribution in [2.45, 2.75) is 66.5 Å². The van der Waals surface area contributed by atoms with Crippen LogP contribution in [0.1, 0.15) is 19.0 Å². The largest absolute Gasteiger partial charge is 0.394 e. The van der Waals surface area contributed by atoms with Crippen molar-refractivity contribution in [1.82, 2.24) is 35.0 Å². The number of nitrogens with one attached hydrogen (secondary N) is 1. The fraction of sp³-hybridized carbons (Fsp3) is 0.448. The van der Waals surface area contributed by atoms with Gasteiger partial charge in [0.15, 0.2) is 17.5 Å². The Kier molecular flexibility index (Phi) is 10.5. The van der Waals surface area contributed by atoms with E-state index in [1.165, 1.54) is 24.0 Å². The fourth-order valence-electron chi connectivity index (χ4n) is 5.73. The van der Waals surface area contributed by atoms with Crippen molar-refractivity contribution >= 4 is 23.5 Å². The number of halogens is 3.